The lowest BCUT2D eigenvalue weighted by atomic mass is 10.0. The van der Waals surface area contributed by atoms with Crippen molar-refractivity contribution in [2.45, 2.75) is 20.3 Å². The van der Waals surface area contributed by atoms with E-state index in [4.69, 9.17) is 39.5 Å². The number of hydrogen-bond donors (Lipinski definition) is 1. The van der Waals surface area contributed by atoms with E-state index < -0.39 is 11.8 Å². The predicted octanol–water partition coefficient (Wildman–Crippen LogP) is 5.57. The molecule has 0 fully saturated rings. The Balaban J connectivity index is 2.01. The fourth-order valence-corrected chi connectivity index (χ4v) is 3.94. The number of carbonyl (C=O) groups excluding carboxylic acids is 2. The molecule has 30 heavy (non-hydrogen) atoms. The zero-order valence-electron chi connectivity index (χ0n) is 16.6. The van der Waals surface area contributed by atoms with Crippen molar-refractivity contribution in [2.75, 3.05) is 25.1 Å². The summed E-state index contributed by atoms with van der Waals surface area (Å²) in [5.74, 6) is -0.818. The molecule has 3 rings (SSSR count). The number of nitrogens with zero attached hydrogens (tertiary/aromatic N) is 1. The van der Waals surface area contributed by atoms with Gasteiger partial charge in [-0.15, -0.1) is 0 Å². The first kappa shape index (κ1) is 22.6. The Hall–Kier alpha value is -2.05. The molecule has 158 valence electrons. The smallest absolute Gasteiger partial charge is 0.278 e. The minimum Gasteiger partial charge on any atom is -0.382 e. The molecule has 0 radical (unpaired) electrons. The third kappa shape index (κ3) is 4.81. The number of imide groups is 1. The molecule has 0 aliphatic carbocycles. The maximum absolute atomic E-state index is 13.2. The van der Waals surface area contributed by atoms with E-state index in [0.29, 0.717) is 46.0 Å². The van der Waals surface area contributed by atoms with E-state index in [0.717, 1.165) is 5.56 Å². The third-order valence-electron chi connectivity index (χ3n) is 4.69. The first-order valence-corrected chi connectivity index (χ1v) is 10.6. The molecular formula is C22H21Cl3N2O3. The van der Waals surface area contributed by atoms with Crippen LogP contribution in [0.3, 0.4) is 0 Å². The molecule has 1 heterocycles. The van der Waals surface area contributed by atoms with Crippen LogP contribution in [0.1, 0.15) is 24.5 Å². The number of benzene rings is 2. The normalized spacial score (nSPS) is 14.1. The molecule has 1 aliphatic rings. The predicted molar refractivity (Wildman–Crippen MR) is 121 cm³/mol. The molecule has 0 saturated carbocycles. The standard InChI is InChI=1S/C22H21Cl3N2O3/c1-3-30-10-4-9-27-21(28)19(16-7-5-15(24)12-17(16)25)20(22(27)29)26-18-8-6-14(23)11-13(18)2/h5-8,11-12,26H,3-4,9-10H2,1-2H3. The average molecular weight is 468 g/mol. The summed E-state index contributed by atoms with van der Waals surface area (Å²) in [6.45, 7) is 5.05. The minimum atomic E-state index is -0.410. The number of halogens is 3. The Bertz CT molecular complexity index is 1020. The molecule has 0 bridgehead atoms. The highest BCUT2D eigenvalue weighted by atomic mass is 35.5. The van der Waals surface area contributed by atoms with Gasteiger partial charge in [0, 0.05) is 41.1 Å². The van der Waals surface area contributed by atoms with Crippen molar-refractivity contribution in [3.63, 3.8) is 0 Å². The summed E-state index contributed by atoms with van der Waals surface area (Å²) < 4.78 is 5.33. The van der Waals surface area contributed by atoms with Crippen LogP contribution >= 0.6 is 34.8 Å². The van der Waals surface area contributed by atoms with Crippen LogP contribution in [0.5, 0.6) is 0 Å². The van der Waals surface area contributed by atoms with Crippen molar-refractivity contribution in [2.24, 2.45) is 0 Å². The minimum absolute atomic E-state index is 0.172. The third-order valence-corrected chi connectivity index (χ3v) is 5.47. The van der Waals surface area contributed by atoms with Gasteiger partial charge >= 0.3 is 0 Å². The van der Waals surface area contributed by atoms with Gasteiger partial charge in [-0.05, 0) is 56.2 Å². The van der Waals surface area contributed by atoms with Crippen LogP contribution in [-0.2, 0) is 14.3 Å². The monoisotopic (exact) mass is 466 g/mol. The second-order valence-corrected chi connectivity index (χ2v) is 8.05. The molecule has 0 aromatic heterocycles. The van der Waals surface area contributed by atoms with Crippen LogP contribution in [0, 0.1) is 6.92 Å². The van der Waals surface area contributed by atoms with E-state index in [1.54, 1.807) is 36.4 Å². The lowest BCUT2D eigenvalue weighted by Gasteiger charge is -2.15. The van der Waals surface area contributed by atoms with Gasteiger partial charge in [0.25, 0.3) is 11.8 Å². The van der Waals surface area contributed by atoms with E-state index in [-0.39, 0.29) is 17.8 Å². The summed E-state index contributed by atoms with van der Waals surface area (Å²) >= 11 is 18.4. The van der Waals surface area contributed by atoms with Crippen LogP contribution in [0.4, 0.5) is 5.69 Å². The van der Waals surface area contributed by atoms with Gasteiger partial charge in [-0.3, -0.25) is 14.5 Å². The number of hydrogen-bond acceptors (Lipinski definition) is 4. The molecule has 1 aliphatic heterocycles. The van der Waals surface area contributed by atoms with Crippen LogP contribution in [0.25, 0.3) is 5.57 Å². The van der Waals surface area contributed by atoms with Crippen molar-refractivity contribution in [1.29, 1.82) is 0 Å². The summed E-state index contributed by atoms with van der Waals surface area (Å²) in [7, 11) is 0. The molecule has 0 spiro atoms. The zero-order chi connectivity index (χ0) is 21.8. The Labute approximate surface area is 190 Å². The fourth-order valence-electron chi connectivity index (χ4n) is 3.21. The van der Waals surface area contributed by atoms with Crippen molar-refractivity contribution < 1.29 is 14.3 Å². The summed E-state index contributed by atoms with van der Waals surface area (Å²) in [4.78, 5) is 27.6. The van der Waals surface area contributed by atoms with Gasteiger partial charge in [-0.1, -0.05) is 40.9 Å². The van der Waals surface area contributed by atoms with Crippen LogP contribution in [-0.4, -0.2) is 36.5 Å². The summed E-state index contributed by atoms with van der Waals surface area (Å²) in [5.41, 5.74) is 2.35. The van der Waals surface area contributed by atoms with Gasteiger partial charge in [0.1, 0.15) is 5.70 Å². The summed E-state index contributed by atoms with van der Waals surface area (Å²) in [6.07, 6.45) is 0.542. The number of ether oxygens (including phenoxy) is 1. The zero-order valence-corrected chi connectivity index (χ0v) is 18.9. The molecule has 0 saturated heterocycles. The number of carbonyl (C=O) groups is 2. The van der Waals surface area contributed by atoms with Gasteiger partial charge in [0.05, 0.1) is 10.6 Å². The second-order valence-electron chi connectivity index (χ2n) is 6.77. The van der Waals surface area contributed by atoms with Gasteiger partial charge in [-0.2, -0.15) is 0 Å². The first-order chi connectivity index (χ1) is 14.3. The van der Waals surface area contributed by atoms with Gasteiger partial charge in [-0.25, -0.2) is 0 Å². The van der Waals surface area contributed by atoms with E-state index in [9.17, 15) is 9.59 Å². The van der Waals surface area contributed by atoms with E-state index in [2.05, 4.69) is 5.32 Å². The number of anilines is 1. The van der Waals surface area contributed by atoms with Gasteiger partial charge in [0.2, 0.25) is 0 Å². The SMILES string of the molecule is CCOCCCN1C(=O)C(Nc2ccc(Cl)cc2C)=C(c2ccc(Cl)cc2Cl)C1=O. The molecule has 5 nitrogen and oxygen atoms in total. The van der Waals surface area contributed by atoms with Crippen LogP contribution in [0.15, 0.2) is 42.1 Å². The molecule has 1 N–H and O–H groups in total. The average Bonchev–Trinajstić information content (AvgIpc) is 2.91. The second kappa shape index (κ2) is 9.84. The molecule has 2 aromatic rings. The number of nitrogens with one attached hydrogen (secondary N) is 1. The number of amides is 2. The van der Waals surface area contributed by atoms with E-state index >= 15 is 0 Å². The summed E-state index contributed by atoms with van der Waals surface area (Å²) in [5, 5.41) is 4.44. The molecule has 0 atom stereocenters. The van der Waals surface area contributed by atoms with Crippen molar-refractivity contribution in [3.05, 3.63) is 68.3 Å². The Morgan fingerprint density at radius 2 is 1.70 bits per heavy atom. The highest BCUT2D eigenvalue weighted by molar-refractivity contribution is 6.41. The maximum atomic E-state index is 13.2. The molecule has 0 unspecified atom stereocenters. The molecule has 2 aromatic carbocycles. The van der Waals surface area contributed by atoms with E-state index in [1.165, 1.54) is 4.90 Å². The first-order valence-electron chi connectivity index (χ1n) is 9.50. The summed E-state index contributed by atoms with van der Waals surface area (Å²) in [6, 6.07) is 10.1. The van der Waals surface area contributed by atoms with Gasteiger partial charge in [0.15, 0.2) is 0 Å². The Morgan fingerprint density at radius 3 is 2.37 bits per heavy atom. The van der Waals surface area contributed by atoms with Crippen molar-refractivity contribution in [1.82, 2.24) is 4.90 Å². The lowest BCUT2D eigenvalue weighted by Crippen LogP contribution is -2.34. The molecular weight excluding hydrogens is 447 g/mol. The fraction of sp³-hybridized carbons (Fsp3) is 0.273. The quantitative estimate of drug-likeness (QED) is 0.407. The van der Waals surface area contributed by atoms with Crippen molar-refractivity contribution in [3.8, 4) is 0 Å². The number of aryl methyl sites for hydroxylation is 1. The highest BCUT2D eigenvalue weighted by Crippen LogP contribution is 2.36. The van der Waals surface area contributed by atoms with Crippen LogP contribution in [0.2, 0.25) is 15.1 Å². The van der Waals surface area contributed by atoms with E-state index in [1.807, 2.05) is 13.8 Å². The molecule has 8 heteroatoms. The van der Waals surface area contributed by atoms with Gasteiger partial charge < -0.3 is 10.1 Å². The lowest BCUT2D eigenvalue weighted by molar-refractivity contribution is -0.137. The Kier molecular flexibility index (Phi) is 7.42. The molecule has 2 amide bonds. The maximum Gasteiger partial charge on any atom is 0.278 e. The topological polar surface area (TPSA) is 58.6 Å². The van der Waals surface area contributed by atoms with Crippen molar-refractivity contribution >= 4 is 57.9 Å². The Morgan fingerprint density at radius 1 is 1.00 bits per heavy atom. The number of rotatable bonds is 8. The highest BCUT2D eigenvalue weighted by Gasteiger charge is 2.39. The largest absolute Gasteiger partial charge is 0.382 e. The van der Waals surface area contributed by atoms with Crippen LogP contribution < -0.4 is 5.32 Å².